The van der Waals surface area contributed by atoms with E-state index in [1.165, 1.54) is 89.9 Å². The van der Waals surface area contributed by atoms with E-state index in [4.69, 9.17) is 0 Å². The SMILES string of the molecule is C=CN(CC[O])CCCCCCCC/C=C\CCCCCCCC. The fourth-order valence-electron chi connectivity index (χ4n) is 2.97. The van der Waals surface area contributed by atoms with Crippen molar-refractivity contribution < 1.29 is 5.11 Å². The van der Waals surface area contributed by atoms with Gasteiger partial charge >= 0.3 is 0 Å². The second kappa shape index (κ2) is 20.3. The summed E-state index contributed by atoms with van der Waals surface area (Å²) in [5.41, 5.74) is 0. The lowest BCUT2D eigenvalue weighted by Gasteiger charge is -2.17. The van der Waals surface area contributed by atoms with Crippen molar-refractivity contribution in [2.24, 2.45) is 0 Å². The average Bonchev–Trinajstić information content (AvgIpc) is 2.60. The molecule has 2 nitrogen and oxygen atoms in total. The minimum Gasteiger partial charge on any atom is -0.375 e. The molecule has 0 unspecified atom stereocenters. The summed E-state index contributed by atoms with van der Waals surface area (Å²) in [6.45, 7) is 7.60. The highest BCUT2D eigenvalue weighted by Gasteiger charge is 1.97. The highest BCUT2D eigenvalue weighted by atomic mass is 16.3. The molecule has 2 heteroatoms. The number of rotatable bonds is 19. The van der Waals surface area contributed by atoms with Crippen LogP contribution in [0.2, 0.25) is 0 Å². The van der Waals surface area contributed by atoms with E-state index in [1.54, 1.807) is 6.20 Å². The topological polar surface area (TPSA) is 23.1 Å². The first-order valence-electron chi connectivity index (χ1n) is 10.4. The summed E-state index contributed by atoms with van der Waals surface area (Å²) in [5.74, 6) is 0. The predicted molar refractivity (Wildman–Crippen MR) is 107 cm³/mol. The van der Waals surface area contributed by atoms with Crippen LogP contribution >= 0.6 is 0 Å². The maximum Gasteiger partial charge on any atom is 0.0997 e. The third-order valence-electron chi connectivity index (χ3n) is 4.59. The molecule has 1 radical (unpaired) electrons. The number of allylic oxidation sites excluding steroid dienone is 2. The molecule has 0 aromatic rings. The Morgan fingerprint density at radius 3 is 1.71 bits per heavy atom. The smallest absolute Gasteiger partial charge is 0.0997 e. The second-order valence-electron chi connectivity index (χ2n) is 6.86. The number of unbranched alkanes of at least 4 members (excludes halogenated alkanes) is 12. The third kappa shape index (κ3) is 17.6. The van der Waals surface area contributed by atoms with Gasteiger partial charge in [0.1, 0.15) is 0 Å². The number of hydrogen-bond acceptors (Lipinski definition) is 1. The molecule has 24 heavy (non-hydrogen) atoms. The van der Waals surface area contributed by atoms with E-state index in [9.17, 15) is 5.11 Å². The highest BCUT2D eigenvalue weighted by molar-refractivity contribution is 4.81. The van der Waals surface area contributed by atoms with Crippen LogP contribution in [0.15, 0.2) is 24.9 Å². The molecular weight excluding hydrogens is 294 g/mol. The van der Waals surface area contributed by atoms with E-state index >= 15 is 0 Å². The molecule has 0 atom stereocenters. The van der Waals surface area contributed by atoms with Crippen molar-refractivity contribution in [1.29, 1.82) is 0 Å². The molecule has 141 valence electrons. The fraction of sp³-hybridized carbons (Fsp3) is 0.818. The Hall–Kier alpha value is -0.760. The van der Waals surface area contributed by atoms with Gasteiger partial charge in [-0.2, -0.15) is 0 Å². The van der Waals surface area contributed by atoms with Crippen LogP contribution in [0.5, 0.6) is 0 Å². The number of hydrogen-bond donors (Lipinski definition) is 0. The Morgan fingerprint density at radius 2 is 1.21 bits per heavy atom. The van der Waals surface area contributed by atoms with E-state index in [1.807, 2.05) is 4.90 Å². The summed E-state index contributed by atoms with van der Waals surface area (Å²) in [6, 6.07) is 0. The molecule has 0 heterocycles. The Bertz CT molecular complexity index is 275. The van der Waals surface area contributed by atoms with Crippen LogP contribution in [0.25, 0.3) is 0 Å². The zero-order valence-electron chi connectivity index (χ0n) is 16.3. The van der Waals surface area contributed by atoms with Crippen LogP contribution in [0.1, 0.15) is 96.8 Å². The van der Waals surface area contributed by atoms with Crippen LogP contribution in [0, 0.1) is 0 Å². The minimum absolute atomic E-state index is 0.0294. The zero-order valence-corrected chi connectivity index (χ0v) is 16.3. The van der Waals surface area contributed by atoms with E-state index in [2.05, 4.69) is 25.7 Å². The van der Waals surface area contributed by atoms with E-state index in [0.717, 1.165) is 6.54 Å². The largest absolute Gasteiger partial charge is 0.375 e. The van der Waals surface area contributed by atoms with Crippen LogP contribution in [0.3, 0.4) is 0 Å². The van der Waals surface area contributed by atoms with Gasteiger partial charge in [-0.25, -0.2) is 5.11 Å². The predicted octanol–water partition coefficient (Wildman–Crippen LogP) is 6.90. The van der Waals surface area contributed by atoms with Gasteiger partial charge in [0.25, 0.3) is 0 Å². The molecule has 0 aromatic carbocycles. The average molecular weight is 337 g/mol. The summed E-state index contributed by atoms with van der Waals surface area (Å²) < 4.78 is 0. The van der Waals surface area contributed by atoms with Gasteiger partial charge < -0.3 is 4.90 Å². The van der Waals surface area contributed by atoms with E-state index < -0.39 is 0 Å². The van der Waals surface area contributed by atoms with E-state index in [-0.39, 0.29) is 6.61 Å². The molecule has 0 fully saturated rings. The van der Waals surface area contributed by atoms with Gasteiger partial charge in [0.05, 0.1) is 6.61 Å². The molecule has 0 bridgehead atoms. The Morgan fingerprint density at radius 1 is 0.708 bits per heavy atom. The quantitative estimate of drug-likeness (QED) is 0.186. The molecular formula is C22H42NO. The molecule has 0 aliphatic heterocycles. The van der Waals surface area contributed by atoms with Gasteiger partial charge in [-0.15, -0.1) is 0 Å². The van der Waals surface area contributed by atoms with Crippen molar-refractivity contribution in [3.8, 4) is 0 Å². The van der Waals surface area contributed by atoms with E-state index in [0.29, 0.717) is 6.54 Å². The summed E-state index contributed by atoms with van der Waals surface area (Å²) in [5, 5.41) is 10.6. The lowest BCUT2D eigenvalue weighted by Crippen LogP contribution is -2.21. The molecule has 0 N–H and O–H groups in total. The molecule has 0 amide bonds. The lowest BCUT2D eigenvalue weighted by atomic mass is 10.1. The second-order valence-corrected chi connectivity index (χ2v) is 6.86. The van der Waals surface area contributed by atoms with Crippen molar-refractivity contribution in [2.75, 3.05) is 19.7 Å². The summed E-state index contributed by atoms with van der Waals surface area (Å²) in [4.78, 5) is 2.04. The lowest BCUT2D eigenvalue weighted by molar-refractivity contribution is 0.161. The fourth-order valence-corrected chi connectivity index (χ4v) is 2.97. The standard InChI is InChI=1S/C22H42NO/c1-3-5-6-7-8-9-10-11-12-13-14-15-16-17-18-19-20-23(4-2)21-22-24/h4,11-12H,2-3,5-10,13-22H2,1H3/b12-11-. The van der Waals surface area contributed by atoms with Crippen LogP contribution in [0.4, 0.5) is 0 Å². The number of nitrogens with zero attached hydrogens (tertiary/aromatic N) is 1. The monoisotopic (exact) mass is 336 g/mol. The van der Waals surface area contributed by atoms with Gasteiger partial charge in [0.2, 0.25) is 0 Å². The van der Waals surface area contributed by atoms with Gasteiger partial charge in [0.15, 0.2) is 0 Å². The first-order valence-corrected chi connectivity index (χ1v) is 10.4. The van der Waals surface area contributed by atoms with Crippen LogP contribution < -0.4 is 0 Å². The summed E-state index contributed by atoms with van der Waals surface area (Å²) in [6.07, 6.45) is 25.3. The molecule has 0 saturated carbocycles. The maximum absolute atomic E-state index is 10.6. The molecule has 0 aliphatic rings. The Balaban J connectivity index is 3.19. The minimum atomic E-state index is -0.0294. The van der Waals surface area contributed by atoms with Crippen molar-refractivity contribution in [3.63, 3.8) is 0 Å². The molecule has 0 aliphatic carbocycles. The van der Waals surface area contributed by atoms with Crippen molar-refractivity contribution >= 4 is 0 Å². The Kier molecular flexibility index (Phi) is 19.6. The third-order valence-corrected chi connectivity index (χ3v) is 4.59. The molecule has 0 aromatic heterocycles. The van der Waals surface area contributed by atoms with Gasteiger partial charge in [-0.05, 0) is 38.3 Å². The van der Waals surface area contributed by atoms with Crippen molar-refractivity contribution in [1.82, 2.24) is 4.90 Å². The molecule has 0 spiro atoms. The first kappa shape index (κ1) is 23.2. The van der Waals surface area contributed by atoms with Gasteiger partial charge in [-0.1, -0.05) is 83.4 Å². The summed E-state index contributed by atoms with van der Waals surface area (Å²) in [7, 11) is 0. The summed E-state index contributed by atoms with van der Waals surface area (Å²) >= 11 is 0. The normalized spacial score (nSPS) is 11.2. The van der Waals surface area contributed by atoms with Gasteiger partial charge in [0, 0.05) is 13.1 Å². The molecule has 0 rings (SSSR count). The molecule has 0 saturated heterocycles. The van der Waals surface area contributed by atoms with Gasteiger partial charge in [-0.3, -0.25) is 0 Å². The Labute approximate surface area is 152 Å². The highest BCUT2D eigenvalue weighted by Crippen LogP contribution is 2.10. The zero-order chi connectivity index (χ0) is 17.7. The van der Waals surface area contributed by atoms with Crippen molar-refractivity contribution in [3.05, 3.63) is 24.9 Å². The first-order chi connectivity index (χ1) is 11.8. The van der Waals surface area contributed by atoms with Crippen LogP contribution in [-0.2, 0) is 5.11 Å². The van der Waals surface area contributed by atoms with Crippen LogP contribution in [-0.4, -0.2) is 24.6 Å². The maximum atomic E-state index is 10.6. The van der Waals surface area contributed by atoms with Crippen molar-refractivity contribution in [2.45, 2.75) is 96.8 Å².